The summed E-state index contributed by atoms with van der Waals surface area (Å²) in [5.74, 6) is -1.02. The van der Waals surface area contributed by atoms with Gasteiger partial charge in [-0.3, -0.25) is 9.59 Å². The van der Waals surface area contributed by atoms with E-state index < -0.39 is 5.97 Å². The molecule has 20 heavy (non-hydrogen) atoms. The van der Waals surface area contributed by atoms with Crippen LogP contribution in [0.2, 0.25) is 0 Å². The zero-order chi connectivity index (χ0) is 15.8. The van der Waals surface area contributed by atoms with E-state index in [0.29, 0.717) is 19.4 Å². The summed E-state index contributed by atoms with van der Waals surface area (Å²) in [6, 6.07) is 0.0955. The molecule has 118 valence electrons. The van der Waals surface area contributed by atoms with Crippen LogP contribution in [0.15, 0.2) is 0 Å². The predicted molar refractivity (Wildman–Crippen MR) is 80.6 cm³/mol. The van der Waals surface area contributed by atoms with Gasteiger partial charge in [0.2, 0.25) is 5.91 Å². The summed E-state index contributed by atoms with van der Waals surface area (Å²) < 4.78 is 0. The Kier molecular flexibility index (Phi) is 8.46. The van der Waals surface area contributed by atoms with Crippen molar-refractivity contribution in [2.75, 3.05) is 6.54 Å². The van der Waals surface area contributed by atoms with Crippen molar-refractivity contribution in [2.45, 2.75) is 71.9 Å². The molecular formula is C15H30N2O3. The van der Waals surface area contributed by atoms with Crippen LogP contribution in [0.1, 0.15) is 60.3 Å². The number of amides is 1. The molecule has 0 aliphatic heterocycles. The van der Waals surface area contributed by atoms with E-state index in [4.69, 9.17) is 5.11 Å². The smallest absolute Gasteiger partial charge is 0.306 e. The minimum absolute atomic E-state index is 0.0267. The van der Waals surface area contributed by atoms with Crippen LogP contribution < -0.4 is 10.6 Å². The Hall–Kier alpha value is -1.10. The Bertz CT molecular complexity index is 311. The maximum Gasteiger partial charge on any atom is 0.306 e. The molecule has 0 radical (unpaired) electrons. The fourth-order valence-electron chi connectivity index (χ4n) is 1.82. The Morgan fingerprint density at radius 1 is 1.15 bits per heavy atom. The van der Waals surface area contributed by atoms with E-state index in [1.165, 1.54) is 0 Å². The maximum absolute atomic E-state index is 11.7. The van der Waals surface area contributed by atoms with E-state index >= 15 is 0 Å². The molecule has 0 bridgehead atoms. The van der Waals surface area contributed by atoms with Gasteiger partial charge in [-0.1, -0.05) is 13.3 Å². The van der Waals surface area contributed by atoms with Crippen LogP contribution in [0, 0.1) is 5.92 Å². The van der Waals surface area contributed by atoms with Gasteiger partial charge in [0.25, 0.3) is 0 Å². The first-order chi connectivity index (χ1) is 9.11. The number of aliphatic carboxylic acids is 1. The molecule has 0 saturated carbocycles. The number of rotatable bonds is 9. The second-order valence-electron chi connectivity index (χ2n) is 6.57. The van der Waals surface area contributed by atoms with Crippen molar-refractivity contribution in [2.24, 2.45) is 5.92 Å². The molecule has 0 aromatic carbocycles. The third kappa shape index (κ3) is 10.8. The minimum atomic E-state index is -0.755. The van der Waals surface area contributed by atoms with Gasteiger partial charge in [0.1, 0.15) is 0 Å². The fourth-order valence-corrected chi connectivity index (χ4v) is 1.82. The molecule has 2 atom stereocenters. The van der Waals surface area contributed by atoms with Crippen LogP contribution in [0.4, 0.5) is 0 Å². The lowest BCUT2D eigenvalue weighted by atomic mass is 10.0. The number of hydrogen-bond donors (Lipinski definition) is 3. The van der Waals surface area contributed by atoms with Crippen LogP contribution in [0.5, 0.6) is 0 Å². The average molecular weight is 286 g/mol. The summed E-state index contributed by atoms with van der Waals surface area (Å²) in [7, 11) is 0. The molecule has 0 aromatic rings. The van der Waals surface area contributed by atoms with Crippen molar-refractivity contribution >= 4 is 11.9 Å². The molecule has 0 aliphatic rings. The van der Waals surface area contributed by atoms with Gasteiger partial charge in [-0.25, -0.2) is 0 Å². The van der Waals surface area contributed by atoms with Crippen LogP contribution in [-0.4, -0.2) is 35.1 Å². The van der Waals surface area contributed by atoms with Crippen molar-refractivity contribution in [3.05, 3.63) is 0 Å². The lowest BCUT2D eigenvalue weighted by molar-refractivity contribution is -0.141. The van der Waals surface area contributed by atoms with Crippen molar-refractivity contribution in [1.82, 2.24) is 10.6 Å². The zero-order valence-corrected chi connectivity index (χ0v) is 13.5. The molecule has 1 amide bonds. The monoisotopic (exact) mass is 286 g/mol. The molecule has 0 heterocycles. The Labute approximate surface area is 122 Å². The van der Waals surface area contributed by atoms with Gasteiger partial charge < -0.3 is 15.7 Å². The molecule has 0 aromatic heterocycles. The van der Waals surface area contributed by atoms with Gasteiger partial charge in [-0.2, -0.15) is 0 Å². The topological polar surface area (TPSA) is 78.4 Å². The molecule has 5 nitrogen and oxygen atoms in total. The molecule has 0 rings (SSSR count). The molecule has 0 aliphatic carbocycles. The normalized spacial score (nSPS) is 14.7. The molecule has 0 spiro atoms. The highest BCUT2D eigenvalue weighted by atomic mass is 16.4. The van der Waals surface area contributed by atoms with Crippen LogP contribution in [0.3, 0.4) is 0 Å². The summed E-state index contributed by atoms with van der Waals surface area (Å²) >= 11 is 0. The highest BCUT2D eigenvalue weighted by Gasteiger charge is 2.13. The average Bonchev–Trinajstić information content (AvgIpc) is 2.26. The highest BCUT2D eigenvalue weighted by Crippen LogP contribution is 2.09. The standard InChI is InChI=1S/C15H30N2O3/c1-11(14(19)20)7-6-8-12(2)17-13(18)9-10-16-15(3,4)5/h11-12,16H,6-10H2,1-5H3,(H,17,18)(H,19,20). The lowest BCUT2D eigenvalue weighted by Gasteiger charge is -2.20. The maximum atomic E-state index is 11.7. The van der Waals surface area contributed by atoms with Crippen molar-refractivity contribution in [1.29, 1.82) is 0 Å². The van der Waals surface area contributed by atoms with Crippen molar-refractivity contribution in [3.8, 4) is 0 Å². The summed E-state index contributed by atoms with van der Waals surface area (Å²) in [5.41, 5.74) is 0.0267. The quantitative estimate of drug-likeness (QED) is 0.607. The van der Waals surface area contributed by atoms with Gasteiger partial charge in [-0.15, -0.1) is 0 Å². The Morgan fingerprint density at radius 3 is 2.25 bits per heavy atom. The van der Waals surface area contributed by atoms with Gasteiger partial charge in [0.15, 0.2) is 0 Å². The Balaban J connectivity index is 3.72. The van der Waals surface area contributed by atoms with Gasteiger partial charge in [-0.05, 0) is 40.5 Å². The van der Waals surface area contributed by atoms with Gasteiger partial charge >= 0.3 is 5.97 Å². The number of carboxylic acid groups (broad SMARTS) is 1. The first kappa shape index (κ1) is 18.9. The summed E-state index contributed by atoms with van der Waals surface area (Å²) in [6.45, 7) is 10.5. The number of nitrogens with one attached hydrogen (secondary N) is 2. The Morgan fingerprint density at radius 2 is 1.75 bits per heavy atom. The summed E-state index contributed by atoms with van der Waals surface area (Å²) in [5, 5.41) is 15.0. The van der Waals surface area contributed by atoms with E-state index in [2.05, 4.69) is 31.4 Å². The predicted octanol–water partition coefficient (Wildman–Crippen LogP) is 2.16. The highest BCUT2D eigenvalue weighted by molar-refractivity contribution is 5.76. The van der Waals surface area contributed by atoms with Crippen LogP contribution in [0.25, 0.3) is 0 Å². The van der Waals surface area contributed by atoms with Crippen LogP contribution >= 0.6 is 0 Å². The third-order valence-corrected chi connectivity index (χ3v) is 3.11. The minimum Gasteiger partial charge on any atom is -0.481 e. The zero-order valence-electron chi connectivity index (χ0n) is 13.5. The van der Waals surface area contributed by atoms with Gasteiger partial charge in [0, 0.05) is 24.5 Å². The second kappa shape index (κ2) is 8.95. The van der Waals surface area contributed by atoms with E-state index in [0.717, 1.165) is 12.8 Å². The molecule has 3 N–H and O–H groups in total. The third-order valence-electron chi connectivity index (χ3n) is 3.11. The molecule has 0 fully saturated rings. The number of carbonyl (C=O) groups excluding carboxylic acids is 1. The SMILES string of the molecule is CC(CCCC(C)C(=O)O)NC(=O)CCNC(C)(C)C. The fraction of sp³-hybridized carbons (Fsp3) is 0.867. The number of hydrogen-bond acceptors (Lipinski definition) is 3. The van der Waals surface area contributed by atoms with E-state index in [-0.39, 0.29) is 23.4 Å². The second-order valence-corrected chi connectivity index (χ2v) is 6.57. The first-order valence-electron chi connectivity index (χ1n) is 7.39. The van der Waals surface area contributed by atoms with Gasteiger partial charge in [0.05, 0.1) is 5.92 Å². The first-order valence-corrected chi connectivity index (χ1v) is 7.39. The molecule has 5 heteroatoms. The lowest BCUT2D eigenvalue weighted by Crippen LogP contribution is -2.40. The van der Waals surface area contributed by atoms with E-state index in [9.17, 15) is 9.59 Å². The molecular weight excluding hydrogens is 256 g/mol. The summed E-state index contributed by atoms with van der Waals surface area (Å²) in [6.07, 6.45) is 2.75. The number of carbonyl (C=O) groups is 2. The number of carboxylic acids is 1. The van der Waals surface area contributed by atoms with E-state index in [1.54, 1.807) is 6.92 Å². The van der Waals surface area contributed by atoms with Crippen molar-refractivity contribution in [3.63, 3.8) is 0 Å². The largest absolute Gasteiger partial charge is 0.481 e. The van der Waals surface area contributed by atoms with E-state index in [1.807, 2.05) is 6.92 Å². The molecule has 0 saturated heterocycles. The van der Waals surface area contributed by atoms with Crippen molar-refractivity contribution < 1.29 is 14.7 Å². The summed E-state index contributed by atoms with van der Waals surface area (Å²) in [4.78, 5) is 22.4. The van der Waals surface area contributed by atoms with Crippen LogP contribution in [-0.2, 0) is 9.59 Å². The molecule has 2 unspecified atom stereocenters.